The number of rotatable bonds is 7. The van der Waals surface area contributed by atoms with Gasteiger partial charge >= 0.3 is 0 Å². The van der Waals surface area contributed by atoms with Gasteiger partial charge in [0.1, 0.15) is 11.9 Å². The lowest BCUT2D eigenvalue weighted by Crippen LogP contribution is -2.24. The van der Waals surface area contributed by atoms with Gasteiger partial charge in [0, 0.05) is 41.5 Å². The van der Waals surface area contributed by atoms with Gasteiger partial charge in [-0.1, -0.05) is 43.8 Å². The molecule has 0 bridgehead atoms. The maximum Gasteiger partial charge on any atom is 0.225 e. The number of hydrogen-bond acceptors (Lipinski definition) is 8. The lowest BCUT2D eigenvalue weighted by molar-refractivity contribution is 0.135. The molecule has 3 N–H and O–H groups in total. The van der Waals surface area contributed by atoms with Gasteiger partial charge in [-0.2, -0.15) is 5.26 Å². The number of halogens is 1. The largest absolute Gasteiger partial charge is 0.394 e. The summed E-state index contributed by atoms with van der Waals surface area (Å²) in [5.74, 6) is 0.122. The van der Waals surface area contributed by atoms with Crippen molar-refractivity contribution in [3.63, 3.8) is 0 Å². The van der Waals surface area contributed by atoms with Crippen molar-refractivity contribution < 1.29 is 14.2 Å². The van der Waals surface area contributed by atoms with E-state index in [0.717, 1.165) is 50.2 Å². The Balaban J connectivity index is 2.05. The monoisotopic (exact) mass is 553 g/mol. The second-order valence-electron chi connectivity index (χ2n) is 9.65. The molecule has 3 atom stereocenters. The van der Waals surface area contributed by atoms with Gasteiger partial charge in [-0.3, -0.25) is 0 Å². The van der Waals surface area contributed by atoms with E-state index in [1.165, 1.54) is 6.08 Å². The molecule has 4 rings (SSSR count). The van der Waals surface area contributed by atoms with Crippen molar-refractivity contribution in [1.29, 1.82) is 5.26 Å². The molecule has 0 saturated carbocycles. The van der Waals surface area contributed by atoms with E-state index >= 15 is 4.39 Å². The maximum absolute atomic E-state index is 15.2. The third kappa shape index (κ3) is 5.11. The van der Waals surface area contributed by atoms with Gasteiger partial charge in [0.15, 0.2) is 0 Å². The van der Waals surface area contributed by atoms with Crippen LogP contribution in [0.3, 0.4) is 0 Å². The van der Waals surface area contributed by atoms with E-state index in [1.54, 1.807) is 6.92 Å². The highest BCUT2D eigenvalue weighted by molar-refractivity contribution is 8.06. The number of thioether (sulfide) groups is 1. The van der Waals surface area contributed by atoms with Crippen molar-refractivity contribution in [3.05, 3.63) is 62.4 Å². The van der Waals surface area contributed by atoms with Gasteiger partial charge in [0.25, 0.3) is 0 Å². The molecule has 10 heteroatoms. The number of fused-ring (bicyclic) bond motifs is 3. The molecule has 3 heterocycles. The van der Waals surface area contributed by atoms with E-state index < -0.39 is 11.9 Å². The lowest BCUT2D eigenvalue weighted by Gasteiger charge is -2.22. The second-order valence-corrected chi connectivity index (χ2v) is 11.4. The number of ether oxygens (including phenoxy) is 1. The third-order valence-corrected chi connectivity index (χ3v) is 8.57. The van der Waals surface area contributed by atoms with E-state index in [0.29, 0.717) is 44.2 Å². The van der Waals surface area contributed by atoms with Gasteiger partial charge in [-0.15, -0.1) is 9.24 Å². The standard InChI is InChI=1S/C28H33FN5O2PS/c1-6-14(3)23(17(8-30)27(21(29)7-2)38-16(5)31)24-20-13-36-12-19(20)18-9-32-28(33-25(18)26(24)37)34-10-15(4)22(35)11-34/h7,9,15,22,35H,5-6,10-13,31,37H2,1-4H3/b21-7+,23-14-,27-17+. The van der Waals surface area contributed by atoms with Crippen LogP contribution in [0.5, 0.6) is 0 Å². The van der Waals surface area contributed by atoms with Crippen LogP contribution in [0, 0.1) is 17.2 Å². The van der Waals surface area contributed by atoms with Crippen molar-refractivity contribution in [2.24, 2.45) is 11.7 Å². The number of aliphatic hydroxyl groups is 1. The zero-order valence-electron chi connectivity index (χ0n) is 22.1. The Morgan fingerprint density at radius 1 is 1.42 bits per heavy atom. The summed E-state index contributed by atoms with van der Waals surface area (Å²) in [6, 6.07) is 2.27. The minimum absolute atomic E-state index is 0.119. The second kappa shape index (κ2) is 11.5. The first-order valence-electron chi connectivity index (χ1n) is 12.5. The summed E-state index contributed by atoms with van der Waals surface area (Å²) in [7, 11) is 2.79. The molecule has 38 heavy (non-hydrogen) atoms. The molecule has 1 saturated heterocycles. The smallest absolute Gasteiger partial charge is 0.225 e. The van der Waals surface area contributed by atoms with Crippen molar-refractivity contribution in [2.75, 3.05) is 18.0 Å². The Labute approximate surface area is 229 Å². The first-order valence-corrected chi connectivity index (χ1v) is 13.9. The molecule has 0 spiro atoms. The summed E-state index contributed by atoms with van der Waals surface area (Å²) in [5, 5.41) is 22.5. The molecule has 2 aliphatic rings. The number of allylic oxidation sites excluding steroid dienone is 5. The van der Waals surface area contributed by atoms with E-state index in [4.69, 9.17) is 15.5 Å². The van der Waals surface area contributed by atoms with Crippen LogP contribution in [0.2, 0.25) is 0 Å². The molecular weight excluding hydrogens is 520 g/mol. The molecule has 2 aliphatic heterocycles. The lowest BCUT2D eigenvalue weighted by atomic mass is 9.86. The van der Waals surface area contributed by atoms with Gasteiger partial charge in [0.05, 0.1) is 40.3 Å². The molecule has 1 aromatic carbocycles. The number of hydrogen-bond donors (Lipinski definition) is 2. The number of aliphatic hydroxyl groups excluding tert-OH is 1. The molecule has 7 nitrogen and oxygen atoms in total. The fraction of sp³-hybridized carbons (Fsp3) is 0.393. The van der Waals surface area contributed by atoms with Gasteiger partial charge in [-0.25, -0.2) is 14.4 Å². The Bertz CT molecular complexity index is 1440. The van der Waals surface area contributed by atoms with Crippen LogP contribution in [0.1, 0.15) is 50.8 Å². The Kier molecular flexibility index (Phi) is 8.59. The van der Waals surface area contributed by atoms with Gasteiger partial charge in [-0.05, 0) is 37.0 Å². The molecular formula is C28H33FN5O2PS. The number of benzene rings is 1. The molecule has 0 amide bonds. The quantitative estimate of drug-likeness (QED) is 0.281. The first kappa shape index (κ1) is 28.3. The number of nitrogens with two attached hydrogens (primary N) is 1. The predicted octanol–water partition coefficient (Wildman–Crippen LogP) is 4.97. The molecule has 2 aromatic rings. The topological polar surface area (TPSA) is 108 Å². The molecule has 0 radical (unpaired) electrons. The summed E-state index contributed by atoms with van der Waals surface area (Å²) in [4.78, 5) is 11.7. The van der Waals surface area contributed by atoms with Crippen LogP contribution >= 0.6 is 21.0 Å². The summed E-state index contributed by atoms with van der Waals surface area (Å²) in [5.41, 5.74) is 11.1. The third-order valence-electron chi connectivity index (χ3n) is 7.14. The number of anilines is 1. The zero-order chi connectivity index (χ0) is 27.7. The van der Waals surface area contributed by atoms with E-state index in [9.17, 15) is 10.4 Å². The number of nitriles is 1. The fourth-order valence-corrected chi connectivity index (χ4v) is 6.22. The van der Waals surface area contributed by atoms with Gasteiger partial charge < -0.3 is 20.5 Å². The summed E-state index contributed by atoms with van der Waals surface area (Å²) >= 11 is 0.947. The first-order chi connectivity index (χ1) is 18.1. The molecule has 0 aliphatic carbocycles. The van der Waals surface area contributed by atoms with Crippen LogP contribution in [0.4, 0.5) is 10.3 Å². The number of β-amino-alcohol motifs (C(OH)–C–C–N with tert-alkyl or cyclic N) is 1. The Morgan fingerprint density at radius 3 is 2.71 bits per heavy atom. The van der Waals surface area contributed by atoms with Crippen LogP contribution in [-0.4, -0.2) is 34.3 Å². The summed E-state index contributed by atoms with van der Waals surface area (Å²) in [6.07, 6.45) is 3.35. The highest BCUT2D eigenvalue weighted by Crippen LogP contribution is 2.43. The highest BCUT2D eigenvalue weighted by Gasteiger charge is 2.32. The highest BCUT2D eigenvalue weighted by atomic mass is 32.2. The van der Waals surface area contributed by atoms with E-state index in [2.05, 4.69) is 26.9 Å². The Hall–Kier alpha value is -2.76. The summed E-state index contributed by atoms with van der Waals surface area (Å²) < 4.78 is 21.1. The fourth-order valence-electron chi connectivity index (χ4n) is 4.95. The minimum Gasteiger partial charge on any atom is -0.394 e. The minimum atomic E-state index is -0.537. The van der Waals surface area contributed by atoms with Crippen molar-refractivity contribution in [2.45, 2.75) is 53.4 Å². The van der Waals surface area contributed by atoms with Crippen molar-refractivity contribution in [1.82, 2.24) is 9.97 Å². The molecule has 200 valence electrons. The molecule has 1 aromatic heterocycles. The van der Waals surface area contributed by atoms with Crippen LogP contribution < -0.4 is 15.9 Å². The van der Waals surface area contributed by atoms with Crippen LogP contribution in [0.25, 0.3) is 16.5 Å². The average molecular weight is 554 g/mol. The number of nitrogens with zero attached hydrogens (tertiary/aromatic N) is 4. The van der Waals surface area contributed by atoms with Crippen LogP contribution in [-0.2, 0) is 18.0 Å². The van der Waals surface area contributed by atoms with Crippen LogP contribution in [0.15, 0.2) is 45.8 Å². The normalized spacial score (nSPS) is 20.8. The number of aromatic nitrogens is 2. The zero-order valence-corrected chi connectivity index (χ0v) is 24.1. The average Bonchev–Trinajstić information content (AvgIpc) is 3.52. The Morgan fingerprint density at radius 2 is 2.13 bits per heavy atom. The van der Waals surface area contributed by atoms with Crippen molar-refractivity contribution in [3.8, 4) is 6.07 Å². The summed E-state index contributed by atoms with van der Waals surface area (Å²) in [6.45, 7) is 13.1. The molecule has 3 unspecified atom stereocenters. The van der Waals surface area contributed by atoms with Crippen molar-refractivity contribution >= 4 is 48.7 Å². The maximum atomic E-state index is 15.2. The molecule has 1 fully saturated rings. The van der Waals surface area contributed by atoms with E-state index in [-0.39, 0.29) is 21.4 Å². The van der Waals surface area contributed by atoms with E-state index in [1.807, 2.05) is 31.9 Å². The van der Waals surface area contributed by atoms with Gasteiger partial charge in [0.2, 0.25) is 5.95 Å². The predicted molar refractivity (Wildman–Crippen MR) is 156 cm³/mol. The SMILES string of the molecule is C=C(N)SC(=C(C#N)/C(=C(\C)CC)c1c2c(c3cnc(N4CC(C)C(O)C4)nc3c1P)COC2)/C(F)=C\C.